The van der Waals surface area contributed by atoms with E-state index in [9.17, 15) is 0 Å². The Balaban J connectivity index is 2.04. The van der Waals surface area contributed by atoms with Gasteiger partial charge >= 0.3 is 0 Å². The van der Waals surface area contributed by atoms with E-state index in [1.807, 2.05) is 0 Å². The van der Waals surface area contributed by atoms with Crippen LogP contribution in [0, 0.1) is 19.3 Å². The molecule has 0 spiro atoms. The second-order valence-electron chi connectivity index (χ2n) is 5.33. The molecule has 0 bridgehead atoms. The van der Waals surface area contributed by atoms with Gasteiger partial charge in [0.1, 0.15) is 5.75 Å². The van der Waals surface area contributed by atoms with Crippen LogP contribution in [0.2, 0.25) is 0 Å². The summed E-state index contributed by atoms with van der Waals surface area (Å²) in [5.41, 5.74) is 2.95. The Morgan fingerprint density at radius 2 is 1.94 bits per heavy atom. The average molecular weight is 297 g/mol. The largest absolute Gasteiger partial charge is 0.493 e. The lowest BCUT2D eigenvalue weighted by Crippen LogP contribution is -2.27. The Kier molecular flexibility index (Phi) is 4.13. The molecular formula is C15H21BrO. The lowest BCUT2D eigenvalue weighted by atomic mass is 9.90. The molecule has 1 aromatic rings. The molecule has 94 valence electrons. The molecule has 0 aliphatic heterocycles. The van der Waals surface area contributed by atoms with Gasteiger partial charge in [-0.2, -0.15) is 0 Å². The van der Waals surface area contributed by atoms with E-state index in [0.29, 0.717) is 5.41 Å². The Morgan fingerprint density at radius 1 is 1.24 bits per heavy atom. The summed E-state index contributed by atoms with van der Waals surface area (Å²) in [6.07, 6.45) is 5.29. The van der Waals surface area contributed by atoms with Crippen molar-refractivity contribution < 1.29 is 4.74 Å². The molecule has 0 unspecified atom stereocenters. The molecule has 17 heavy (non-hydrogen) atoms. The first-order valence-corrected chi connectivity index (χ1v) is 7.54. The fourth-order valence-corrected chi connectivity index (χ4v) is 3.28. The number of rotatable bonds is 4. The molecule has 0 heterocycles. The summed E-state index contributed by atoms with van der Waals surface area (Å²) in [5, 5.41) is 1.06. The quantitative estimate of drug-likeness (QED) is 0.736. The molecule has 1 aliphatic carbocycles. The highest BCUT2D eigenvalue weighted by Crippen LogP contribution is 2.40. The molecule has 0 atom stereocenters. The van der Waals surface area contributed by atoms with Crippen LogP contribution in [-0.4, -0.2) is 11.9 Å². The number of benzene rings is 1. The molecule has 1 aromatic carbocycles. The zero-order valence-electron chi connectivity index (χ0n) is 10.8. The van der Waals surface area contributed by atoms with E-state index in [1.54, 1.807) is 0 Å². The van der Waals surface area contributed by atoms with Gasteiger partial charge in [-0.15, -0.1) is 0 Å². The van der Waals surface area contributed by atoms with E-state index >= 15 is 0 Å². The lowest BCUT2D eigenvalue weighted by Gasteiger charge is -2.27. The van der Waals surface area contributed by atoms with Crippen LogP contribution in [0.15, 0.2) is 18.2 Å². The van der Waals surface area contributed by atoms with E-state index in [4.69, 9.17) is 4.74 Å². The smallest absolute Gasteiger partial charge is 0.122 e. The van der Waals surface area contributed by atoms with E-state index < -0.39 is 0 Å². The minimum absolute atomic E-state index is 0.371. The van der Waals surface area contributed by atoms with Crippen molar-refractivity contribution in [3.05, 3.63) is 29.3 Å². The van der Waals surface area contributed by atoms with Crippen molar-refractivity contribution in [2.45, 2.75) is 39.5 Å². The van der Waals surface area contributed by atoms with Crippen molar-refractivity contribution in [2.75, 3.05) is 11.9 Å². The minimum atomic E-state index is 0.371. The van der Waals surface area contributed by atoms with Crippen LogP contribution in [0.3, 0.4) is 0 Å². The predicted molar refractivity (Wildman–Crippen MR) is 76.1 cm³/mol. The fraction of sp³-hybridized carbons (Fsp3) is 0.600. The molecule has 1 nitrogen and oxygen atoms in total. The highest BCUT2D eigenvalue weighted by Gasteiger charge is 2.33. The standard InChI is InChI=1S/C15H21BrO/c1-12-6-5-7-14(13(12)2)17-11-15(10-16)8-3-4-9-15/h5-7H,3-4,8-11H2,1-2H3. The SMILES string of the molecule is Cc1cccc(OCC2(CBr)CCCC2)c1C. The van der Waals surface area contributed by atoms with Crippen LogP contribution in [-0.2, 0) is 0 Å². The number of alkyl halides is 1. The first kappa shape index (κ1) is 12.9. The Bertz CT molecular complexity index is 381. The Hall–Kier alpha value is -0.500. The molecule has 0 amide bonds. The van der Waals surface area contributed by atoms with Gasteiger partial charge in [0.05, 0.1) is 6.61 Å². The van der Waals surface area contributed by atoms with Crippen molar-refractivity contribution in [1.29, 1.82) is 0 Å². The van der Waals surface area contributed by atoms with Crippen molar-refractivity contribution >= 4 is 15.9 Å². The second kappa shape index (κ2) is 5.43. The molecule has 0 N–H and O–H groups in total. The summed E-state index contributed by atoms with van der Waals surface area (Å²) in [4.78, 5) is 0. The summed E-state index contributed by atoms with van der Waals surface area (Å²) in [7, 11) is 0. The van der Waals surface area contributed by atoms with Crippen molar-refractivity contribution in [2.24, 2.45) is 5.41 Å². The van der Waals surface area contributed by atoms with Crippen LogP contribution in [0.25, 0.3) is 0 Å². The number of hydrogen-bond acceptors (Lipinski definition) is 1. The monoisotopic (exact) mass is 296 g/mol. The maximum atomic E-state index is 6.07. The van der Waals surface area contributed by atoms with Gasteiger partial charge in [0.15, 0.2) is 0 Å². The number of ether oxygens (including phenoxy) is 1. The van der Waals surface area contributed by atoms with Crippen molar-refractivity contribution in [3.8, 4) is 5.75 Å². The van der Waals surface area contributed by atoms with Crippen LogP contribution < -0.4 is 4.74 Å². The summed E-state index contributed by atoms with van der Waals surface area (Å²) >= 11 is 3.66. The maximum Gasteiger partial charge on any atom is 0.122 e. The number of hydrogen-bond donors (Lipinski definition) is 0. The minimum Gasteiger partial charge on any atom is -0.493 e. The van der Waals surface area contributed by atoms with Gasteiger partial charge < -0.3 is 4.74 Å². The molecule has 2 heteroatoms. The van der Waals surface area contributed by atoms with Gasteiger partial charge in [0.2, 0.25) is 0 Å². The Morgan fingerprint density at radius 3 is 2.59 bits per heavy atom. The van der Waals surface area contributed by atoms with Gasteiger partial charge in [-0.1, -0.05) is 40.9 Å². The van der Waals surface area contributed by atoms with Crippen LogP contribution in [0.1, 0.15) is 36.8 Å². The fourth-order valence-electron chi connectivity index (χ4n) is 2.55. The normalized spacial score (nSPS) is 18.3. The van der Waals surface area contributed by atoms with Crippen LogP contribution >= 0.6 is 15.9 Å². The van der Waals surface area contributed by atoms with Crippen LogP contribution in [0.4, 0.5) is 0 Å². The topological polar surface area (TPSA) is 9.23 Å². The van der Waals surface area contributed by atoms with E-state index in [0.717, 1.165) is 17.7 Å². The summed E-state index contributed by atoms with van der Waals surface area (Å²) in [6.45, 7) is 5.13. The van der Waals surface area contributed by atoms with Gasteiger partial charge in [-0.3, -0.25) is 0 Å². The third kappa shape index (κ3) is 2.85. The number of aryl methyl sites for hydroxylation is 1. The van der Waals surface area contributed by atoms with E-state index in [2.05, 4.69) is 48.0 Å². The van der Waals surface area contributed by atoms with Gasteiger partial charge in [0, 0.05) is 10.7 Å². The molecule has 1 fully saturated rings. The maximum absolute atomic E-state index is 6.07. The summed E-state index contributed by atoms with van der Waals surface area (Å²) in [5.74, 6) is 1.05. The van der Waals surface area contributed by atoms with Gasteiger partial charge in [-0.05, 0) is 43.9 Å². The number of halogens is 1. The first-order valence-electron chi connectivity index (χ1n) is 6.42. The van der Waals surface area contributed by atoms with E-state index in [-0.39, 0.29) is 0 Å². The van der Waals surface area contributed by atoms with Crippen LogP contribution in [0.5, 0.6) is 5.75 Å². The third-order valence-electron chi connectivity index (χ3n) is 4.04. The van der Waals surface area contributed by atoms with Crippen molar-refractivity contribution in [1.82, 2.24) is 0 Å². The van der Waals surface area contributed by atoms with Gasteiger partial charge in [-0.25, -0.2) is 0 Å². The highest BCUT2D eigenvalue weighted by atomic mass is 79.9. The molecule has 0 aromatic heterocycles. The molecule has 0 radical (unpaired) electrons. The van der Waals surface area contributed by atoms with E-state index in [1.165, 1.54) is 36.8 Å². The molecule has 2 rings (SSSR count). The predicted octanol–water partition coefficient (Wildman–Crippen LogP) is 4.64. The van der Waals surface area contributed by atoms with Crippen molar-refractivity contribution in [3.63, 3.8) is 0 Å². The molecule has 1 aliphatic rings. The summed E-state index contributed by atoms with van der Waals surface area (Å²) < 4.78 is 6.07. The molecular weight excluding hydrogens is 276 g/mol. The lowest BCUT2D eigenvalue weighted by molar-refractivity contribution is 0.173. The van der Waals surface area contributed by atoms with Gasteiger partial charge in [0.25, 0.3) is 0 Å². The summed E-state index contributed by atoms with van der Waals surface area (Å²) in [6, 6.07) is 6.30. The first-order chi connectivity index (χ1) is 8.17. The average Bonchev–Trinajstić information content (AvgIpc) is 2.81. The molecule has 1 saturated carbocycles. The Labute approximate surface area is 113 Å². The second-order valence-corrected chi connectivity index (χ2v) is 5.89. The highest BCUT2D eigenvalue weighted by molar-refractivity contribution is 9.09. The zero-order valence-corrected chi connectivity index (χ0v) is 12.3. The zero-order chi connectivity index (χ0) is 12.3. The molecule has 0 saturated heterocycles. The third-order valence-corrected chi connectivity index (χ3v) is 5.23.